The number of fused-ring (bicyclic) bond motifs is 1. The summed E-state index contributed by atoms with van der Waals surface area (Å²) in [5.41, 5.74) is 8.44. The Balaban J connectivity index is 1.66. The van der Waals surface area contributed by atoms with Crippen molar-refractivity contribution in [2.24, 2.45) is 5.41 Å². The van der Waals surface area contributed by atoms with Crippen LogP contribution in [0, 0.1) is 24.2 Å². The molecule has 1 aliphatic rings. The van der Waals surface area contributed by atoms with Crippen LogP contribution in [0.15, 0.2) is 24.5 Å². The second-order valence-electron chi connectivity index (χ2n) is 10.6. The highest BCUT2D eigenvalue weighted by molar-refractivity contribution is 6.74. The molecule has 1 saturated carbocycles. The molecule has 1 aromatic carbocycles. The van der Waals surface area contributed by atoms with E-state index in [2.05, 4.69) is 71.7 Å². The van der Waals surface area contributed by atoms with E-state index < -0.39 is 8.32 Å². The Morgan fingerprint density at radius 3 is 2.55 bits per heavy atom. The number of imidazole rings is 1. The summed E-state index contributed by atoms with van der Waals surface area (Å²) in [6.07, 6.45) is 6.03. The Bertz CT molecular complexity index is 1230. The first-order chi connectivity index (χ1) is 15.5. The molecule has 2 heterocycles. The maximum Gasteiger partial charge on any atom is 0.240 e. The summed E-state index contributed by atoms with van der Waals surface area (Å²) < 4.78 is 8.51. The van der Waals surface area contributed by atoms with Gasteiger partial charge in [0.15, 0.2) is 8.32 Å². The molecule has 2 N–H and O–H groups in total. The molecule has 174 valence electrons. The SMILES string of the molecule is Cc1nc2ccc(C#CC3(CO[Si](C)(C)C(C)(C)C)CCCC3)cc2n1-c1ncnc(N)n1. The van der Waals surface area contributed by atoms with Crippen molar-refractivity contribution in [3.8, 4) is 17.8 Å². The predicted octanol–water partition coefficient (Wildman–Crippen LogP) is 5.03. The molecule has 0 radical (unpaired) electrons. The van der Waals surface area contributed by atoms with Crippen molar-refractivity contribution in [1.82, 2.24) is 24.5 Å². The molecule has 33 heavy (non-hydrogen) atoms. The van der Waals surface area contributed by atoms with Gasteiger partial charge >= 0.3 is 0 Å². The zero-order valence-corrected chi connectivity index (χ0v) is 21.6. The largest absolute Gasteiger partial charge is 0.415 e. The molecular weight excluding hydrogens is 428 g/mol. The summed E-state index contributed by atoms with van der Waals surface area (Å²) in [5.74, 6) is 8.52. The Kier molecular flexibility index (Phi) is 6.06. The minimum atomic E-state index is -1.82. The van der Waals surface area contributed by atoms with Crippen LogP contribution in [-0.2, 0) is 4.43 Å². The number of benzene rings is 1. The van der Waals surface area contributed by atoms with Gasteiger partial charge in [0.25, 0.3) is 0 Å². The van der Waals surface area contributed by atoms with Crippen molar-refractivity contribution in [1.29, 1.82) is 0 Å². The van der Waals surface area contributed by atoms with Crippen LogP contribution in [0.3, 0.4) is 0 Å². The minimum Gasteiger partial charge on any atom is -0.415 e. The average Bonchev–Trinajstić information content (AvgIpc) is 3.34. The number of rotatable bonds is 4. The van der Waals surface area contributed by atoms with E-state index in [9.17, 15) is 0 Å². The maximum absolute atomic E-state index is 6.62. The third-order valence-corrected chi connectivity index (χ3v) is 11.6. The lowest BCUT2D eigenvalue weighted by Crippen LogP contribution is -2.43. The normalized spacial score (nSPS) is 16.1. The van der Waals surface area contributed by atoms with Crippen LogP contribution in [0.4, 0.5) is 5.95 Å². The number of aromatic nitrogens is 5. The molecule has 0 atom stereocenters. The Morgan fingerprint density at radius 2 is 1.88 bits per heavy atom. The summed E-state index contributed by atoms with van der Waals surface area (Å²) in [7, 11) is -1.82. The number of aryl methyl sites for hydroxylation is 1. The molecule has 1 aliphatic carbocycles. The van der Waals surface area contributed by atoms with E-state index >= 15 is 0 Å². The fourth-order valence-corrected chi connectivity index (χ4v) is 5.10. The minimum absolute atomic E-state index is 0.0662. The summed E-state index contributed by atoms with van der Waals surface area (Å²) >= 11 is 0. The summed E-state index contributed by atoms with van der Waals surface area (Å²) in [4.78, 5) is 17.1. The monoisotopic (exact) mass is 462 g/mol. The number of nitrogens with zero attached hydrogens (tertiary/aromatic N) is 5. The van der Waals surface area contributed by atoms with Crippen molar-refractivity contribution in [3.63, 3.8) is 0 Å². The van der Waals surface area contributed by atoms with Crippen molar-refractivity contribution in [3.05, 3.63) is 35.9 Å². The van der Waals surface area contributed by atoms with Crippen molar-refractivity contribution in [2.75, 3.05) is 12.3 Å². The van der Waals surface area contributed by atoms with Gasteiger partial charge in [-0.25, -0.2) is 15.0 Å². The van der Waals surface area contributed by atoms with E-state index in [0.29, 0.717) is 5.95 Å². The Labute approximate surface area is 197 Å². The van der Waals surface area contributed by atoms with E-state index in [1.54, 1.807) is 0 Å². The first-order valence-electron chi connectivity index (χ1n) is 11.6. The molecule has 0 saturated heterocycles. The van der Waals surface area contributed by atoms with Gasteiger partial charge in [0.1, 0.15) is 12.2 Å². The zero-order chi connectivity index (χ0) is 23.9. The molecule has 0 bridgehead atoms. The van der Waals surface area contributed by atoms with Gasteiger partial charge < -0.3 is 10.2 Å². The van der Waals surface area contributed by atoms with Gasteiger partial charge in [0, 0.05) is 5.56 Å². The van der Waals surface area contributed by atoms with Crippen LogP contribution in [0.2, 0.25) is 18.1 Å². The molecular formula is C25H34N6OSi. The van der Waals surface area contributed by atoms with Crippen molar-refractivity contribution in [2.45, 2.75) is 71.5 Å². The highest BCUT2D eigenvalue weighted by Crippen LogP contribution is 2.42. The van der Waals surface area contributed by atoms with E-state index in [0.717, 1.165) is 41.9 Å². The van der Waals surface area contributed by atoms with Crippen LogP contribution < -0.4 is 5.73 Å². The lowest BCUT2D eigenvalue weighted by Gasteiger charge is -2.38. The standard InChI is InChI=1S/C25H34N6OSi/c1-18-29-20-10-9-19(15-21(20)31(18)23-28-17-27-22(26)30-23)11-14-25(12-7-8-13-25)16-32-33(5,6)24(2,3)4/h9-10,15,17H,7-8,12-13,16H2,1-6H3,(H2,26,27,28,30). The highest BCUT2D eigenvalue weighted by Gasteiger charge is 2.41. The average molecular weight is 463 g/mol. The van der Waals surface area contributed by atoms with Crippen LogP contribution in [0.1, 0.15) is 57.8 Å². The second kappa shape index (κ2) is 8.54. The summed E-state index contributed by atoms with van der Waals surface area (Å²) in [6.45, 7) is 14.1. The Morgan fingerprint density at radius 1 is 1.15 bits per heavy atom. The van der Waals surface area contributed by atoms with E-state index in [1.807, 2.05) is 23.6 Å². The van der Waals surface area contributed by atoms with Crippen LogP contribution in [0.5, 0.6) is 0 Å². The molecule has 0 unspecified atom stereocenters. The van der Waals surface area contributed by atoms with Gasteiger partial charge in [-0.1, -0.05) is 45.5 Å². The van der Waals surface area contributed by atoms with E-state index in [-0.39, 0.29) is 16.4 Å². The van der Waals surface area contributed by atoms with E-state index in [4.69, 9.17) is 10.2 Å². The number of anilines is 1. The third kappa shape index (κ3) is 4.80. The molecule has 8 heteroatoms. The number of nitrogen functional groups attached to an aromatic ring is 1. The fourth-order valence-electron chi connectivity index (χ4n) is 4.03. The highest BCUT2D eigenvalue weighted by atomic mass is 28.4. The van der Waals surface area contributed by atoms with Crippen molar-refractivity contribution >= 4 is 25.3 Å². The number of nitrogens with two attached hydrogens (primary N) is 1. The predicted molar refractivity (Wildman–Crippen MR) is 135 cm³/mol. The second-order valence-corrected chi connectivity index (χ2v) is 15.4. The molecule has 3 aromatic rings. The molecule has 0 spiro atoms. The lowest BCUT2D eigenvalue weighted by atomic mass is 9.88. The molecule has 7 nitrogen and oxygen atoms in total. The number of hydrogen-bond donors (Lipinski definition) is 1. The molecule has 1 fully saturated rings. The zero-order valence-electron chi connectivity index (χ0n) is 20.6. The van der Waals surface area contributed by atoms with Crippen LogP contribution in [-0.4, -0.2) is 39.4 Å². The lowest BCUT2D eigenvalue weighted by molar-refractivity contribution is 0.186. The van der Waals surface area contributed by atoms with Gasteiger partial charge in [0.05, 0.1) is 23.1 Å². The molecule has 0 aliphatic heterocycles. The molecule has 0 amide bonds. The summed E-state index contributed by atoms with van der Waals surface area (Å²) in [6, 6.07) is 6.09. The van der Waals surface area contributed by atoms with Gasteiger partial charge in [-0.2, -0.15) is 4.98 Å². The third-order valence-electron chi connectivity index (χ3n) is 7.15. The van der Waals surface area contributed by atoms with Crippen LogP contribution in [0.25, 0.3) is 17.0 Å². The first kappa shape index (κ1) is 23.4. The Hall–Kier alpha value is -2.76. The van der Waals surface area contributed by atoms with Gasteiger partial charge in [-0.3, -0.25) is 4.57 Å². The van der Waals surface area contributed by atoms with Crippen LogP contribution >= 0.6 is 0 Å². The first-order valence-corrected chi connectivity index (χ1v) is 14.5. The van der Waals surface area contributed by atoms with Gasteiger partial charge in [-0.05, 0) is 56.1 Å². The van der Waals surface area contributed by atoms with E-state index in [1.165, 1.54) is 19.2 Å². The fraction of sp³-hybridized carbons (Fsp3) is 0.520. The van der Waals surface area contributed by atoms with Gasteiger partial charge in [0.2, 0.25) is 11.9 Å². The molecule has 2 aromatic heterocycles. The van der Waals surface area contributed by atoms with Crippen molar-refractivity contribution < 1.29 is 4.43 Å². The quantitative estimate of drug-likeness (QED) is 0.432. The maximum atomic E-state index is 6.62. The molecule has 4 rings (SSSR count). The smallest absolute Gasteiger partial charge is 0.240 e. The van der Waals surface area contributed by atoms with Gasteiger partial charge in [-0.15, -0.1) is 0 Å². The summed E-state index contributed by atoms with van der Waals surface area (Å²) in [5, 5.41) is 0.194. The topological polar surface area (TPSA) is 91.7 Å². The number of hydrogen-bond acceptors (Lipinski definition) is 6.